The first kappa shape index (κ1) is 13.7. The lowest BCUT2D eigenvalue weighted by molar-refractivity contribution is 0.0697. The molecule has 0 bridgehead atoms. The summed E-state index contributed by atoms with van der Waals surface area (Å²) in [6.45, 7) is 0. The van der Waals surface area contributed by atoms with Crippen molar-refractivity contribution in [2.75, 3.05) is 19.0 Å². The Morgan fingerprint density at radius 3 is 1.75 bits per heavy atom. The molecule has 0 aromatic heterocycles. The monoisotopic (exact) mass is 265 g/mol. The highest BCUT2D eigenvalue weighted by Crippen LogP contribution is 2.11. The minimum atomic E-state index is -0.927. The maximum absolute atomic E-state index is 10.7. The highest BCUT2D eigenvalue weighted by Gasteiger charge is 2.00. The number of nitrogens with zero attached hydrogens (tertiary/aromatic N) is 1. The fraction of sp³-hybridized carbons (Fsp3) is 0.118. The van der Waals surface area contributed by atoms with Gasteiger partial charge in [-0.2, -0.15) is 0 Å². The largest absolute Gasteiger partial charge is 0.478 e. The molecule has 20 heavy (non-hydrogen) atoms. The molecule has 0 heterocycles. The molecule has 0 amide bonds. The Bertz CT molecular complexity index is 659. The van der Waals surface area contributed by atoms with Crippen molar-refractivity contribution in [2.24, 2.45) is 0 Å². The number of carboxylic acids is 1. The van der Waals surface area contributed by atoms with E-state index in [1.807, 2.05) is 43.3 Å². The Hall–Kier alpha value is -2.73. The Morgan fingerprint density at radius 1 is 0.900 bits per heavy atom. The van der Waals surface area contributed by atoms with Crippen LogP contribution in [0.1, 0.15) is 21.5 Å². The molecule has 0 saturated carbocycles. The van der Waals surface area contributed by atoms with Crippen LogP contribution >= 0.6 is 0 Å². The third-order valence-electron chi connectivity index (χ3n) is 2.87. The van der Waals surface area contributed by atoms with Crippen LogP contribution in [0.25, 0.3) is 0 Å². The zero-order valence-electron chi connectivity index (χ0n) is 11.4. The normalized spacial score (nSPS) is 9.50. The summed E-state index contributed by atoms with van der Waals surface area (Å²) in [6.07, 6.45) is 0. The molecule has 3 nitrogen and oxygen atoms in total. The van der Waals surface area contributed by atoms with Crippen LogP contribution < -0.4 is 4.90 Å². The Morgan fingerprint density at radius 2 is 1.35 bits per heavy atom. The summed E-state index contributed by atoms with van der Waals surface area (Å²) in [5.74, 6) is 5.15. The van der Waals surface area contributed by atoms with Gasteiger partial charge in [0, 0.05) is 30.9 Å². The lowest BCUT2D eigenvalue weighted by Crippen LogP contribution is -2.07. The molecular weight excluding hydrogens is 250 g/mol. The summed E-state index contributed by atoms with van der Waals surface area (Å²) in [4.78, 5) is 12.8. The van der Waals surface area contributed by atoms with Gasteiger partial charge in [-0.25, -0.2) is 4.79 Å². The lowest BCUT2D eigenvalue weighted by Gasteiger charge is -2.11. The first-order valence-corrected chi connectivity index (χ1v) is 6.19. The Balaban J connectivity index is 2.15. The van der Waals surface area contributed by atoms with Crippen molar-refractivity contribution in [1.82, 2.24) is 0 Å². The molecule has 0 atom stereocenters. The minimum absolute atomic E-state index is 0.269. The average molecular weight is 265 g/mol. The summed E-state index contributed by atoms with van der Waals surface area (Å²) in [7, 11) is 3.98. The highest BCUT2D eigenvalue weighted by molar-refractivity contribution is 5.87. The smallest absolute Gasteiger partial charge is 0.335 e. The van der Waals surface area contributed by atoms with Gasteiger partial charge in [0.05, 0.1) is 5.56 Å². The van der Waals surface area contributed by atoms with E-state index in [0.29, 0.717) is 0 Å². The number of rotatable bonds is 2. The molecule has 0 unspecified atom stereocenters. The summed E-state index contributed by atoms with van der Waals surface area (Å²) in [5.41, 5.74) is 3.12. The van der Waals surface area contributed by atoms with Crippen molar-refractivity contribution in [3.63, 3.8) is 0 Å². The van der Waals surface area contributed by atoms with Gasteiger partial charge >= 0.3 is 5.97 Å². The summed E-state index contributed by atoms with van der Waals surface area (Å²) in [6, 6.07) is 14.5. The first-order chi connectivity index (χ1) is 9.56. The molecule has 0 saturated heterocycles. The van der Waals surface area contributed by atoms with E-state index in [2.05, 4.69) is 11.8 Å². The molecule has 1 N–H and O–H groups in total. The number of hydrogen-bond acceptors (Lipinski definition) is 2. The van der Waals surface area contributed by atoms with Crippen molar-refractivity contribution in [3.05, 3.63) is 65.2 Å². The first-order valence-electron chi connectivity index (χ1n) is 6.19. The molecule has 0 spiro atoms. The maximum Gasteiger partial charge on any atom is 0.335 e. The molecule has 0 radical (unpaired) electrons. The van der Waals surface area contributed by atoms with Crippen LogP contribution in [0.4, 0.5) is 5.69 Å². The van der Waals surface area contributed by atoms with E-state index >= 15 is 0 Å². The molecule has 2 aromatic carbocycles. The van der Waals surface area contributed by atoms with E-state index in [1.165, 1.54) is 0 Å². The standard InChI is InChI=1S/C17H15NO2/c1-18(2)16-11-7-14(8-12-16)4-3-13-5-9-15(10-6-13)17(19)20/h5-12H,1-2H3,(H,19,20). The van der Waals surface area contributed by atoms with Crippen LogP contribution in [-0.4, -0.2) is 25.2 Å². The van der Waals surface area contributed by atoms with Gasteiger partial charge in [0.2, 0.25) is 0 Å². The van der Waals surface area contributed by atoms with E-state index in [0.717, 1.165) is 16.8 Å². The van der Waals surface area contributed by atoms with Gasteiger partial charge in [-0.15, -0.1) is 0 Å². The number of anilines is 1. The van der Waals surface area contributed by atoms with E-state index in [4.69, 9.17) is 5.11 Å². The SMILES string of the molecule is CN(C)c1ccc(C#Cc2ccc(C(=O)O)cc2)cc1. The third kappa shape index (κ3) is 3.39. The predicted octanol–water partition coefficient (Wildman–Crippen LogP) is 2.85. The zero-order valence-corrected chi connectivity index (χ0v) is 11.4. The average Bonchev–Trinajstić information content (AvgIpc) is 2.46. The van der Waals surface area contributed by atoms with Crippen LogP contribution in [0.3, 0.4) is 0 Å². The molecule has 0 fully saturated rings. The Labute approximate surface area is 118 Å². The van der Waals surface area contributed by atoms with Gasteiger partial charge in [0.1, 0.15) is 0 Å². The van der Waals surface area contributed by atoms with Crippen molar-refractivity contribution in [1.29, 1.82) is 0 Å². The van der Waals surface area contributed by atoms with Crippen LogP contribution in [-0.2, 0) is 0 Å². The van der Waals surface area contributed by atoms with E-state index in [1.54, 1.807) is 24.3 Å². The molecule has 100 valence electrons. The number of carboxylic acid groups (broad SMARTS) is 1. The summed E-state index contributed by atoms with van der Waals surface area (Å²) >= 11 is 0. The second kappa shape index (κ2) is 5.94. The zero-order chi connectivity index (χ0) is 14.5. The molecule has 0 aliphatic heterocycles. The fourth-order valence-electron chi connectivity index (χ4n) is 1.68. The van der Waals surface area contributed by atoms with Gasteiger partial charge in [0.15, 0.2) is 0 Å². The molecular formula is C17H15NO2. The molecule has 2 rings (SSSR count). The molecule has 2 aromatic rings. The van der Waals surface area contributed by atoms with Crippen LogP contribution in [0.15, 0.2) is 48.5 Å². The molecule has 3 heteroatoms. The van der Waals surface area contributed by atoms with Crippen LogP contribution in [0, 0.1) is 11.8 Å². The predicted molar refractivity (Wildman–Crippen MR) is 80.2 cm³/mol. The highest BCUT2D eigenvalue weighted by atomic mass is 16.4. The van der Waals surface area contributed by atoms with E-state index < -0.39 is 5.97 Å². The summed E-state index contributed by atoms with van der Waals surface area (Å²) < 4.78 is 0. The third-order valence-corrected chi connectivity index (χ3v) is 2.87. The lowest BCUT2D eigenvalue weighted by atomic mass is 10.1. The van der Waals surface area contributed by atoms with Crippen molar-refractivity contribution >= 4 is 11.7 Å². The van der Waals surface area contributed by atoms with Gasteiger partial charge in [-0.05, 0) is 48.5 Å². The van der Waals surface area contributed by atoms with Crippen molar-refractivity contribution in [2.45, 2.75) is 0 Å². The second-order valence-electron chi connectivity index (χ2n) is 4.57. The van der Waals surface area contributed by atoms with Crippen LogP contribution in [0.2, 0.25) is 0 Å². The van der Waals surface area contributed by atoms with Crippen molar-refractivity contribution in [3.8, 4) is 11.8 Å². The molecule has 0 aliphatic carbocycles. The van der Waals surface area contributed by atoms with E-state index in [-0.39, 0.29) is 5.56 Å². The van der Waals surface area contributed by atoms with Gasteiger partial charge < -0.3 is 10.0 Å². The Kier molecular flexibility index (Phi) is 4.07. The van der Waals surface area contributed by atoms with E-state index in [9.17, 15) is 4.79 Å². The van der Waals surface area contributed by atoms with Gasteiger partial charge in [0.25, 0.3) is 0 Å². The maximum atomic E-state index is 10.7. The van der Waals surface area contributed by atoms with Gasteiger partial charge in [-0.3, -0.25) is 0 Å². The van der Waals surface area contributed by atoms with Crippen molar-refractivity contribution < 1.29 is 9.90 Å². The quantitative estimate of drug-likeness (QED) is 0.849. The fourth-order valence-corrected chi connectivity index (χ4v) is 1.68. The topological polar surface area (TPSA) is 40.5 Å². The van der Waals surface area contributed by atoms with Gasteiger partial charge in [-0.1, -0.05) is 11.8 Å². The summed E-state index contributed by atoms with van der Waals surface area (Å²) in [5, 5.41) is 8.81. The number of aromatic carboxylic acids is 1. The number of benzene rings is 2. The number of carbonyl (C=O) groups is 1. The molecule has 0 aliphatic rings. The van der Waals surface area contributed by atoms with Crippen LogP contribution in [0.5, 0.6) is 0 Å². The minimum Gasteiger partial charge on any atom is -0.478 e. The second-order valence-corrected chi connectivity index (χ2v) is 4.57. The number of hydrogen-bond donors (Lipinski definition) is 1.